The number of H-pyrrole nitrogens is 1. The summed E-state index contributed by atoms with van der Waals surface area (Å²) in [4.78, 5) is 19.4. The van der Waals surface area contributed by atoms with Crippen LogP contribution in [0, 0.1) is 0 Å². The largest absolute Gasteiger partial charge is 0.333 e. The maximum atomic E-state index is 11.8. The number of para-hydroxylation sites is 3. The average Bonchev–Trinajstić information content (AvgIpc) is 2.89. The van der Waals surface area contributed by atoms with Gasteiger partial charge in [0, 0.05) is 5.69 Å². The number of imidazole rings is 1. The fraction of sp³-hybridized carbons (Fsp3) is 0.0667. The van der Waals surface area contributed by atoms with Crippen LogP contribution in [0.15, 0.2) is 59.8 Å². The van der Waals surface area contributed by atoms with Gasteiger partial charge in [0.05, 0.1) is 16.8 Å². The number of carbonyl (C=O) groups excluding carboxylic acids is 1. The third-order valence-corrected chi connectivity index (χ3v) is 3.64. The number of nitrogens with one attached hydrogen (secondary N) is 2. The van der Waals surface area contributed by atoms with E-state index in [1.54, 1.807) is 0 Å². The van der Waals surface area contributed by atoms with Gasteiger partial charge in [0.1, 0.15) is 0 Å². The van der Waals surface area contributed by atoms with Gasteiger partial charge < -0.3 is 10.3 Å². The lowest BCUT2D eigenvalue weighted by atomic mass is 10.3. The first-order valence-corrected chi connectivity index (χ1v) is 7.22. The Labute approximate surface area is 120 Å². The lowest BCUT2D eigenvalue weighted by Gasteiger charge is -2.03. The standard InChI is InChI=1S/C15H13N3OS/c19-14(16-11-6-2-1-3-7-11)10-20-15-17-12-8-4-5-9-13(12)18-15/h1-9H,10H2,(H,16,19)(H,17,18). The molecular formula is C15H13N3OS. The lowest BCUT2D eigenvalue weighted by molar-refractivity contribution is -0.113. The maximum absolute atomic E-state index is 11.8. The number of anilines is 1. The van der Waals surface area contributed by atoms with Crippen molar-refractivity contribution in [3.05, 3.63) is 54.6 Å². The van der Waals surface area contributed by atoms with Crippen LogP contribution in [0.1, 0.15) is 0 Å². The molecule has 0 spiro atoms. The number of amides is 1. The van der Waals surface area contributed by atoms with Gasteiger partial charge in [0.25, 0.3) is 0 Å². The Kier molecular flexibility index (Phi) is 3.69. The number of hydrogen-bond acceptors (Lipinski definition) is 3. The van der Waals surface area contributed by atoms with Crippen LogP contribution in [0.25, 0.3) is 11.0 Å². The zero-order valence-electron chi connectivity index (χ0n) is 10.7. The van der Waals surface area contributed by atoms with Gasteiger partial charge in [-0.25, -0.2) is 4.98 Å². The Morgan fingerprint density at radius 3 is 2.65 bits per heavy atom. The van der Waals surface area contributed by atoms with Crippen LogP contribution >= 0.6 is 11.8 Å². The molecule has 20 heavy (non-hydrogen) atoms. The first kappa shape index (κ1) is 12.7. The summed E-state index contributed by atoms with van der Waals surface area (Å²) in [5.74, 6) is 0.288. The van der Waals surface area contributed by atoms with Crippen LogP contribution < -0.4 is 5.32 Å². The molecule has 0 aliphatic rings. The third-order valence-electron chi connectivity index (χ3n) is 2.77. The monoisotopic (exact) mass is 283 g/mol. The van der Waals surface area contributed by atoms with Crippen molar-refractivity contribution >= 4 is 34.4 Å². The molecule has 0 saturated carbocycles. The van der Waals surface area contributed by atoms with Gasteiger partial charge in [0.15, 0.2) is 5.16 Å². The molecule has 5 heteroatoms. The minimum Gasteiger partial charge on any atom is -0.333 e. The van der Waals surface area contributed by atoms with Crippen molar-refractivity contribution in [3.63, 3.8) is 0 Å². The highest BCUT2D eigenvalue weighted by molar-refractivity contribution is 7.99. The molecule has 0 atom stereocenters. The van der Waals surface area contributed by atoms with Crippen LogP contribution in [0.2, 0.25) is 0 Å². The summed E-state index contributed by atoms with van der Waals surface area (Å²) in [5.41, 5.74) is 2.71. The van der Waals surface area contributed by atoms with Gasteiger partial charge in [-0.2, -0.15) is 0 Å². The second-order valence-electron chi connectivity index (χ2n) is 4.26. The zero-order chi connectivity index (χ0) is 13.8. The highest BCUT2D eigenvalue weighted by Crippen LogP contribution is 2.19. The molecule has 0 aliphatic carbocycles. The van der Waals surface area contributed by atoms with E-state index < -0.39 is 0 Å². The number of thioether (sulfide) groups is 1. The number of aromatic amines is 1. The second-order valence-corrected chi connectivity index (χ2v) is 5.23. The zero-order valence-corrected chi connectivity index (χ0v) is 11.5. The Hall–Kier alpha value is -2.27. The van der Waals surface area contributed by atoms with E-state index in [-0.39, 0.29) is 5.91 Å². The predicted molar refractivity (Wildman–Crippen MR) is 81.9 cm³/mol. The van der Waals surface area contributed by atoms with Gasteiger partial charge in [-0.3, -0.25) is 4.79 Å². The van der Waals surface area contributed by atoms with Crippen molar-refractivity contribution in [2.24, 2.45) is 0 Å². The number of nitrogens with zero attached hydrogens (tertiary/aromatic N) is 1. The summed E-state index contributed by atoms with van der Waals surface area (Å²) in [6, 6.07) is 17.2. The number of benzene rings is 2. The van der Waals surface area contributed by atoms with E-state index in [4.69, 9.17) is 0 Å². The fourth-order valence-electron chi connectivity index (χ4n) is 1.85. The average molecular weight is 283 g/mol. The first-order valence-electron chi connectivity index (χ1n) is 6.24. The molecule has 0 radical (unpaired) electrons. The molecule has 0 aliphatic heterocycles. The third kappa shape index (κ3) is 3.00. The smallest absolute Gasteiger partial charge is 0.234 e. The Bertz CT molecular complexity index is 691. The Morgan fingerprint density at radius 2 is 1.85 bits per heavy atom. The molecular weight excluding hydrogens is 270 g/mol. The van der Waals surface area contributed by atoms with Crippen molar-refractivity contribution in [2.45, 2.75) is 5.16 Å². The normalized spacial score (nSPS) is 10.6. The first-order chi connectivity index (χ1) is 9.81. The van der Waals surface area contributed by atoms with Crippen LogP contribution in [0.5, 0.6) is 0 Å². The predicted octanol–water partition coefficient (Wildman–Crippen LogP) is 3.29. The van der Waals surface area contributed by atoms with Gasteiger partial charge in [-0.05, 0) is 24.3 Å². The van der Waals surface area contributed by atoms with E-state index >= 15 is 0 Å². The van der Waals surface area contributed by atoms with E-state index in [2.05, 4.69) is 15.3 Å². The summed E-state index contributed by atoms with van der Waals surface area (Å²) >= 11 is 1.39. The number of aromatic nitrogens is 2. The molecule has 4 nitrogen and oxygen atoms in total. The fourth-order valence-corrected chi connectivity index (χ4v) is 2.54. The molecule has 0 bridgehead atoms. The summed E-state index contributed by atoms with van der Waals surface area (Å²) in [5, 5.41) is 3.60. The van der Waals surface area contributed by atoms with E-state index in [9.17, 15) is 4.79 Å². The number of hydrogen-bond donors (Lipinski definition) is 2. The van der Waals surface area contributed by atoms with E-state index in [1.165, 1.54) is 11.8 Å². The van der Waals surface area contributed by atoms with Crippen molar-refractivity contribution in [2.75, 3.05) is 11.1 Å². The number of carbonyl (C=O) groups is 1. The summed E-state index contributed by atoms with van der Waals surface area (Å²) < 4.78 is 0. The lowest BCUT2D eigenvalue weighted by Crippen LogP contribution is -2.13. The van der Waals surface area contributed by atoms with Crippen molar-refractivity contribution in [1.82, 2.24) is 9.97 Å². The number of fused-ring (bicyclic) bond motifs is 1. The Morgan fingerprint density at radius 1 is 1.10 bits per heavy atom. The molecule has 1 heterocycles. The van der Waals surface area contributed by atoms with Crippen LogP contribution in [0.4, 0.5) is 5.69 Å². The number of rotatable bonds is 4. The topological polar surface area (TPSA) is 57.8 Å². The molecule has 2 N–H and O–H groups in total. The van der Waals surface area contributed by atoms with Crippen LogP contribution in [0.3, 0.4) is 0 Å². The molecule has 0 fully saturated rings. The minimum absolute atomic E-state index is 0.0401. The summed E-state index contributed by atoms with van der Waals surface area (Å²) in [6.07, 6.45) is 0. The SMILES string of the molecule is O=C(CSc1nc2ccccc2[nH]1)Nc1ccccc1. The summed E-state index contributed by atoms with van der Waals surface area (Å²) in [6.45, 7) is 0. The molecule has 2 aromatic carbocycles. The highest BCUT2D eigenvalue weighted by atomic mass is 32.2. The highest BCUT2D eigenvalue weighted by Gasteiger charge is 2.06. The Balaban J connectivity index is 1.60. The van der Waals surface area contributed by atoms with Gasteiger partial charge in [-0.1, -0.05) is 42.1 Å². The summed E-state index contributed by atoms with van der Waals surface area (Å²) in [7, 11) is 0. The quantitative estimate of drug-likeness (QED) is 0.722. The molecule has 0 unspecified atom stereocenters. The van der Waals surface area contributed by atoms with Crippen molar-refractivity contribution < 1.29 is 4.79 Å². The van der Waals surface area contributed by atoms with Crippen molar-refractivity contribution in [1.29, 1.82) is 0 Å². The molecule has 1 amide bonds. The molecule has 3 aromatic rings. The molecule has 0 saturated heterocycles. The van der Waals surface area contributed by atoms with Crippen LogP contribution in [-0.4, -0.2) is 21.6 Å². The van der Waals surface area contributed by atoms with Gasteiger partial charge in [0.2, 0.25) is 5.91 Å². The van der Waals surface area contributed by atoms with E-state index in [0.29, 0.717) is 5.75 Å². The minimum atomic E-state index is -0.0401. The molecule has 3 rings (SSSR count). The van der Waals surface area contributed by atoms with Crippen LogP contribution in [-0.2, 0) is 4.79 Å². The maximum Gasteiger partial charge on any atom is 0.234 e. The van der Waals surface area contributed by atoms with Gasteiger partial charge >= 0.3 is 0 Å². The van der Waals surface area contributed by atoms with E-state index in [1.807, 2.05) is 54.6 Å². The second kappa shape index (κ2) is 5.79. The van der Waals surface area contributed by atoms with Crippen molar-refractivity contribution in [3.8, 4) is 0 Å². The van der Waals surface area contributed by atoms with E-state index in [0.717, 1.165) is 21.9 Å². The molecule has 100 valence electrons. The van der Waals surface area contributed by atoms with Gasteiger partial charge in [-0.15, -0.1) is 0 Å². The molecule has 1 aromatic heterocycles.